The highest BCUT2D eigenvalue weighted by Crippen LogP contribution is 2.35. The molecule has 1 aliphatic rings. The van der Waals surface area contributed by atoms with Crippen LogP contribution in [0.3, 0.4) is 0 Å². The molecule has 1 aliphatic heterocycles. The summed E-state index contributed by atoms with van der Waals surface area (Å²) in [4.78, 5) is 3.09. The van der Waals surface area contributed by atoms with Gasteiger partial charge in [0, 0.05) is 12.1 Å². The first-order valence-corrected chi connectivity index (χ1v) is 16.5. The quantitative estimate of drug-likeness (QED) is 0.118. The molecule has 1 nitrogen and oxygen atoms in total. The van der Waals surface area contributed by atoms with Crippen molar-refractivity contribution in [1.29, 1.82) is 0 Å². The Labute approximate surface area is 217 Å². The largest absolute Gasteiger partial charge is 0.297 e. The molecule has 1 rings (SSSR count). The molecule has 1 heterocycles. The molecule has 0 saturated carbocycles. The third kappa shape index (κ3) is 15.2. The molecule has 0 radical (unpaired) electrons. The number of unbranched alkanes of at least 4 members (excludes halogenated alkanes) is 15. The molecular weight excluding hydrogens is 410 g/mol. The van der Waals surface area contributed by atoms with Gasteiger partial charge in [0.25, 0.3) is 0 Å². The van der Waals surface area contributed by atoms with Crippen molar-refractivity contribution in [3.05, 3.63) is 0 Å². The molecule has 2 unspecified atom stereocenters. The maximum Gasteiger partial charge on any atom is 0.0127 e. The van der Waals surface area contributed by atoms with Crippen molar-refractivity contribution in [3.63, 3.8) is 0 Å². The fraction of sp³-hybridized carbons (Fsp3) is 1.00. The lowest BCUT2D eigenvalue weighted by Crippen LogP contribution is -2.43. The maximum absolute atomic E-state index is 3.09. The van der Waals surface area contributed by atoms with Crippen LogP contribution in [0.5, 0.6) is 0 Å². The number of nitrogens with zero attached hydrogens (tertiary/aromatic N) is 1. The van der Waals surface area contributed by atoms with Gasteiger partial charge in [-0.15, -0.1) is 0 Å². The van der Waals surface area contributed by atoms with Crippen LogP contribution in [-0.4, -0.2) is 23.5 Å². The van der Waals surface area contributed by atoms with E-state index in [1.807, 2.05) is 0 Å². The van der Waals surface area contributed by atoms with Gasteiger partial charge in [0.2, 0.25) is 0 Å². The van der Waals surface area contributed by atoms with Crippen LogP contribution in [0.4, 0.5) is 0 Å². The van der Waals surface area contributed by atoms with Gasteiger partial charge in [0.1, 0.15) is 0 Å². The second-order valence-corrected chi connectivity index (χ2v) is 11.8. The van der Waals surface area contributed by atoms with E-state index in [1.165, 1.54) is 167 Å². The molecule has 1 saturated heterocycles. The van der Waals surface area contributed by atoms with Crippen molar-refractivity contribution in [2.45, 2.75) is 200 Å². The van der Waals surface area contributed by atoms with Gasteiger partial charge in [-0.2, -0.15) is 0 Å². The molecule has 0 bridgehead atoms. The molecule has 0 aliphatic carbocycles. The summed E-state index contributed by atoms with van der Waals surface area (Å²) in [7, 11) is 0. The summed E-state index contributed by atoms with van der Waals surface area (Å²) in [6, 6.07) is 1.79. The van der Waals surface area contributed by atoms with Gasteiger partial charge in [-0.05, 0) is 51.0 Å². The SMILES string of the molecule is CCCCCCCCC(CCCCCCC)N1CCCC1C(CCCCCC)CCCCCC. The van der Waals surface area contributed by atoms with Gasteiger partial charge >= 0.3 is 0 Å². The molecule has 34 heavy (non-hydrogen) atoms. The van der Waals surface area contributed by atoms with E-state index in [9.17, 15) is 0 Å². The number of hydrogen-bond acceptors (Lipinski definition) is 1. The fourth-order valence-corrected chi connectivity index (χ4v) is 6.59. The van der Waals surface area contributed by atoms with Crippen molar-refractivity contribution < 1.29 is 0 Å². The first kappa shape index (κ1) is 32.0. The van der Waals surface area contributed by atoms with Crippen molar-refractivity contribution in [3.8, 4) is 0 Å². The Morgan fingerprint density at radius 3 is 1.35 bits per heavy atom. The van der Waals surface area contributed by atoms with E-state index in [4.69, 9.17) is 0 Å². The summed E-state index contributed by atoms with van der Waals surface area (Å²) in [5, 5.41) is 0. The predicted octanol–water partition coefficient (Wildman–Crippen LogP) is 11.5. The lowest BCUT2D eigenvalue weighted by Gasteiger charge is -2.38. The van der Waals surface area contributed by atoms with Gasteiger partial charge in [0.15, 0.2) is 0 Å². The summed E-state index contributed by atoms with van der Waals surface area (Å²) < 4.78 is 0. The molecule has 0 aromatic carbocycles. The molecule has 204 valence electrons. The van der Waals surface area contributed by atoms with Crippen molar-refractivity contribution in [2.75, 3.05) is 6.54 Å². The predicted molar refractivity (Wildman–Crippen MR) is 156 cm³/mol. The highest BCUT2D eigenvalue weighted by molar-refractivity contribution is 4.89. The Hall–Kier alpha value is -0.0400. The van der Waals surface area contributed by atoms with E-state index in [2.05, 4.69) is 32.6 Å². The first-order valence-electron chi connectivity index (χ1n) is 16.5. The molecule has 2 atom stereocenters. The van der Waals surface area contributed by atoms with Crippen LogP contribution in [0.15, 0.2) is 0 Å². The zero-order valence-corrected chi connectivity index (χ0v) is 24.6. The fourth-order valence-electron chi connectivity index (χ4n) is 6.59. The molecular formula is C33H67N. The summed E-state index contributed by atoms with van der Waals surface area (Å²) in [6.45, 7) is 10.8. The van der Waals surface area contributed by atoms with Gasteiger partial charge < -0.3 is 0 Å². The molecule has 0 N–H and O–H groups in total. The highest BCUT2D eigenvalue weighted by Gasteiger charge is 2.34. The zero-order valence-electron chi connectivity index (χ0n) is 24.6. The molecule has 0 spiro atoms. The lowest BCUT2D eigenvalue weighted by molar-refractivity contribution is 0.106. The highest BCUT2D eigenvalue weighted by atomic mass is 15.2. The number of rotatable bonds is 25. The van der Waals surface area contributed by atoms with Crippen LogP contribution in [0, 0.1) is 5.92 Å². The van der Waals surface area contributed by atoms with Gasteiger partial charge in [-0.3, -0.25) is 4.90 Å². The van der Waals surface area contributed by atoms with Crippen LogP contribution in [0.1, 0.15) is 188 Å². The van der Waals surface area contributed by atoms with Crippen molar-refractivity contribution in [2.24, 2.45) is 5.92 Å². The van der Waals surface area contributed by atoms with E-state index in [1.54, 1.807) is 0 Å². The molecule has 0 amide bonds. The summed E-state index contributed by atoms with van der Waals surface area (Å²) >= 11 is 0. The third-order valence-corrected chi connectivity index (χ3v) is 8.74. The molecule has 1 heteroatoms. The van der Waals surface area contributed by atoms with E-state index in [0.29, 0.717) is 0 Å². The second-order valence-electron chi connectivity index (χ2n) is 11.8. The lowest BCUT2D eigenvalue weighted by atomic mass is 9.85. The van der Waals surface area contributed by atoms with Gasteiger partial charge in [-0.1, -0.05) is 150 Å². The number of hydrogen-bond donors (Lipinski definition) is 0. The number of likely N-dealkylation sites (tertiary alicyclic amines) is 1. The van der Waals surface area contributed by atoms with Gasteiger partial charge in [0.05, 0.1) is 0 Å². The Morgan fingerprint density at radius 2 is 0.882 bits per heavy atom. The topological polar surface area (TPSA) is 3.24 Å². The third-order valence-electron chi connectivity index (χ3n) is 8.74. The summed E-state index contributed by atoms with van der Waals surface area (Å²) in [6.07, 6.45) is 36.3. The minimum absolute atomic E-state index is 0.883. The van der Waals surface area contributed by atoms with Gasteiger partial charge in [-0.25, -0.2) is 0 Å². The molecule has 0 aromatic rings. The van der Waals surface area contributed by atoms with E-state index < -0.39 is 0 Å². The van der Waals surface area contributed by atoms with Crippen LogP contribution < -0.4 is 0 Å². The summed E-state index contributed by atoms with van der Waals surface area (Å²) in [5.74, 6) is 0.975. The Kier molecular flexibility index (Phi) is 22.0. The monoisotopic (exact) mass is 478 g/mol. The summed E-state index contributed by atoms with van der Waals surface area (Å²) in [5.41, 5.74) is 0. The Balaban J connectivity index is 2.70. The Bertz CT molecular complexity index is 393. The smallest absolute Gasteiger partial charge is 0.0127 e. The van der Waals surface area contributed by atoms with Crippen molar-refractivity contribution in [1.82, 2.24) is 4.90 Å². The minimum atomic E-state index is 0.883. The van der Waals surface area contributed by atoms with E-state index >= 15 is 0 Å². The van der Waals surface area contributed by atoms with Crippen LogP contribution in [-0.2, 0) is 0 Å². The van der Waals surface area contributed by atoms with Crippen LogP contribution in [0.2, 0.25) is 0 Å². The average molecular weight is 478 g/mol. The Morgan fingerprint density at radius 1 is 0.500 bits per heavy atom. The minimum Gasteiger partial charge on any atom is -0.297 e. The van der Waals surface area contributed by atoms with Crippen LogP contribution >= 0.6 is 0 Å². The normalized spacial score (nSPS) is 17.7. The molecule has 0 aromatic heterocycles. The van der Waals surface area contributed by atoms with Crippen molar-refractivity contribution >= 4 is 0 Å². The average Bonchev–Trinajstić information content (AvgIpc) is 3.33. The zero-order chi connectivity index (χ0) is 24.7. The first-order chi connectivity index (χ1) is 16.8. The molecule has 1 fully saturated rings. The van der Waals surface area contributed by atoms with E-state index in [0.717, 1.165) is 18.0 Å². The van der Waals surface area contributed by atoms with E-state index in [-0.39, 0.29) is 0 Å². The van der Waals surface area contributed by atoms with Crippen LogP contribution in [0.25, 0.3) is 0 Å². The standard InChI is InChI=1S/C33H67N/c1-5-9-13-17-19-23-28-32(27-22-18-14-10-6-2)34-30-24-29-33(34)31(25-20-15-11-7-3)26-21-16-12-8-4/h31-33H,5-30H2,1-4H3. The second kappa shape index (κ2) is 23.4. The maximum atomic E-state index is 3.09.